The Hall–Kier alpha value is -2.21. The molecule has 2 heterocycles. The lowest BCUT2D eigenvalue weighted by atomic mass is 9.74. The largest absolute Gasteiger partial charge is 0.369 e. The molecule has 0 aromatic heterocycles. The van der Waals surface area contributed by atoms with Crippen molar-refractivity contribution in [3.05, 3.63) is 60.2 Å². The van der Waals surface area contributed by atoms with E-state index in [1.54, 1.807) is 0 Å². The van der Waals surface area contributed by atoms with Gasteiger partial charge in [-0.1, -0.05) is 54.6 Å². The molecule has 1 amide bonds. The molecule has 2 fully saturated rings. The zero-order valence-corrected chi connectivity index (χ0v) is 16.6. The number of fused-ring (bicyclic) bond motifs is 1. The van der Waals surface area contributed by atoms with Crippen LogP contribution >= 0.6 is 0 Å². The highest BCUT2D eigenvalue weighted by atomic mass is 16.8. The van der Waals surface area contributed by atoms with E-state index in [0.717, 1.165) is 11.1 Å². The molecule has 2 saturated heterocycles. The number of amides is 1. The van der Waals surface area contributed by atoms with E-state index < -0.39 is 11.2 Å². The zero-order valence-electron chi connectivity index (χ0n) is 16.6. The first-order chi connectivity index (χ1) is 13.3. The highest BCUT2D eigenvalue weighted by Crippen LogP contribution is 2.40. The van der Waals surface area contributed by atoms with E-state index in [0.29, 0.717) is 13.0 Å². The van der Waals surface area contributed by atoms with E-state index in [9.17, 15) is 4.79 Å². The Morgan fingerprint density at radius 3 is 2.39 bits per heavy atom. The molecule has 0 bridgehead atoms. The second-order valence-electron chi connectivity index (χ2n) is 8.55. The topological polar surface area (TPSA) is 73.6 Å². The third-order valence-electron chi connectivity index (χ3n) is 5.97. The van der Waals surface area contributed by atoms with Crippen LogP contribution in [0.15, 0.2) is 54.6 Å². The summed E-state index contributed by atoms with van der Waals surface area (Å²) in [6.07, 6.45) is 0.303. The van der Waals surface area contributed by atoms with E-state index in [1.165, 1.54) is 5.56 Å². The fourth-order valence-corrected chi connectivity index (χ4v) is 4.47. The number of benzene rings is 2. The Morgan fingerprint density at radius 1 is 1.11 bits per heavy atom. The molecule has 0 radical (unpaired) electrons. The van der Waals surface area contributed by atoms with Crippen molar-refractivity contribution in [3.63, 3.8) is 0 Å². The lowest BCUT2D eigenvalue weighted by Gasteiger charge is -2.36. The number of hydrogen-bond donors (Lipinski definition) is 2. The van der Waals surface area contributed by atoms with Crippen molar-refractivity contribution in [3.8, 4) is 11.1 Å². The summed E-state index contributed by atoms with van der Waals surface area (Å²) >= 11 is 0. The van der Waals surface area contributed by atoms with E-state index in [4.69, 9.17) is 15.2 Å². The molecule has 148 valence electrons. The average molecular weight is 380 g/mol. The molecule has 5 heteroatoms. The Morgan fingerprint density at radius 2 is 1.75 bits per heavy atom. The van der Waals surface area contributed by atoms with Gasteiger partial charge in [0.1, 0.15) is 12.2 Å². The van der Waals surface area contributed by atoms with Gasteiger partial charge in [-0.2, -0.15) is 0 Å². The first kappa shape index (κ1) is 19.1. The summed E-state index contributed by atoms with van der Waals surface area (Å²) < 4.78 is 12.1. The number of nitrogens with one attached hydrogen (secondary N) is 1. The summed E-state index contributed by atoms with van der Waals surface area (Å²) in [5, 5.41) is 3.42. The minimum atomic E-state index is -0.780. The molecule has 2 aromatic carbocycles. The lowest BCUT2D eigenvalue weighted by Crippen LogP contribution is -2.55. The third kappa shape index (κ3) is 3.46. The van der Waals surface area contributed by atoms with Crippen LogP contribution < -0.4 is 11.1 Å². The Balaban J connectivity index is 1.56. The van der Waals surface area contributed by atoms with Crippen molar-refractivity contribution in [1.82, 2.24) is 5.32 Å². The molecule has 2 aliphatic heterocycles. The van der Waals surface area contributed by atoms with Gasteiger partial charge >= 0.3 is 0 Å². The number of hydrogen-bond acceptors (Lipinski definition) is 4. The van der Waals surface area contributed by atoms with Gasteiger partial charge in [0.05, 0.1) is 11.5 Å². The number of carbonyl (C=O) groups excluding carboxylic acids is 1. The highest BCUT2D eigenvalue weighted by molar-refractivity contribution is 5.82. The van der Waals surface area contributed by atoms with Crippen molar-refractivity contribution in [2.24, 2.45) is 11.1 Å². The molecular weight excluding hydrogens is 352 g/mol. The fourth-order valence-electron chi connectivity index (χ4n) is 4.47. The van der Waals surface area contributed by atoms with E-state index in [1.807, 2.05) is 39.0 Å². The van der Waals surface area contributed by atoms with Crippen LogP contribution in [0.4, 0.5) is 0 Å². The first-order valence-corrected chi connectivity index (χ1v) is 9.82. The molecule has 28 heavy (non-hydrogen) atoms. The summed E-state index contributed by atoms with van der Waals surface area (Å²) in [7, 11) is 0. The maximum atomic E-state index is 12.5. The molecule has 4 atom stereocenters. The van der Waals surface area contributed by atoms with E-state index >= 15 is 0 Å². The summed E-state index contributed by atoms with van der Waals surface area (Å²) in [5.41, 5.74) is 8.51. The molecule has 4 unspecified atom stereocenters. The number of rotatable bonds is 5. The highest BCUT2D eigenvalue weighted by Gasteiger charge is 2.56. The molecular formula is C23H28N2O3. The fraction of sp³-hybridized carbons (Fsp3) is 0.435. The standard InChI is InChI=1S/C23H28N2O3/c1-22(2)27-18-14-25-20(19(18)28-22)23(3,21(24)26)13-15-9-11-17(12-10-15)16-7-5-4-6-8-16/h4-12,18-20,25H,13-14H2,1-3H3,(H2,24,26). The van der Waals surface area contributed by atoms with E-state index in [2.05, 4.69) is 41.7 Å². The summed E-state index contributed by atoms with van der Waals surface area (Å²) in [6.45, 7) is 6.41. The molecule has 2 aliphatic rings. The van der Waals surface area contributed by atoms with Crippen LogP contribution in [0.2, 0.25) is 0 Å². The van der Waals surface area contributed by atoms with Crippen LogP contribution in [0.25, 0.3) is 11.1 Å². The van der Waals surface area contributed by atoms with Crippen molar-refractivity contribution < 1.29 is 14.3 Å². The molecule has 0 aliphatic carbocycles. The van der Waals surface area contributed by atoms with Gasteiger partial charge in [-0.05, 0) is 43.9 Å². The molecule has 4 rings (SSSR count). The number of ether oxygens (including phenoxy) is 2. The van der Waals surface area contributed by atoms with Crippen molar-refractivity contribution in [2.45, 2.75) is 51.2 Å². The van der Waals surface area contributed by atoms with Gasteiger partial charge < -0.3 is 20.5 Å². The summed E-state index contributed by atoms with van der Waals surface area (Å²) in [4.78, 5) is 12.5. The molecule has 0 spiro atoms. The van der Waals surface area contributed by atoms with Gasteiger partial charge in [-0.3, -0.25) is 4.79 Å². The van der Waals surface area contributed by atoms with Gasteiger partial charge in [0.15, 0.2) is 5.79 Å². The monoisotopic (exact) mass is 380 g/mol. The predicted octanol–water partition coefficient (Wildman–Crippen LogP) is 2.88. The summed E-state index contributed by atoms with van der Waals surface area (Å²) in [6, 6.07) is 18.4. The number of carbonyl (C=O) groups is 1. The number of primary amides is 1. The summed E-state index contributed by atoms with van der Waals surface area (Å²) in [5.74, 6) is -0.961. The second kappa shape index (κ2) is 6.99. The normalized spacial score (nSPS) is 27.9. The minimum absolute atomic E-state index is 0.0564. The molecule has 5 nitrogen and oxygen atoms in total. The van der Waals surface area contributed by atoms with Gasteiger partial charge in [0.2, 0.25) is 5.91 Å². The van der Waals surface area contributed by atoms with Crippen LogP contribution in [-0.4, -0.2) is 36.5 Å². The Bertz CT molecular complexity index is 850. The minimum Gasteiger partial charge on any atom is -0.369 e. The maximum absolute atomic E-state index is 12.5. The lowest BCUT2D eigenvalue weighted by molar-refractivity contribution is -0.159. The van der Waals surface area contributed by atoms with Crippen LogP contribution in [0.5, 0.6) is 0 Å². The van der Waals surface area contributed by atoms with Crippen molar-refractivity contribution >= 4 is 5.91 Å². The first-order valence-electron chi connectivity index (χ1n) is 9.82. The smallest absolute Gasteiger partial charge is 0.225 e. The van der Waals surface area contributed by atoms with Crippen molar-refractivity contribution in [2.75, 3.05) is 6.54 Å². The predicted molar refractivity (Wildman–Crippen MR) is 108 cm³/mol. The number of nitrogens with two attached hydrogens (primary N) is 1. The van der Waals surface area contributed by atoms with Gasteiger partial charge in [0, 0.05) is 6.54 Å². The van der Waals surface area contributed by atoms with Gasteiger partial charge in [-0.25, -0.2) is 0 Å². The average Bonchev–Trinajstić information content (AvgIpc) is 3.18. The van der Waals surface area contributed by atoms with Gasteiger partial charge in [0.25, 0.3) is 0 Å². The van der Waals surface area contributed by atoms with E-state index in [-0.39, 0.29) is 24.2 Å². The van der Waals surface area contributed by atoms with Crippen LogP contribution in [-0.2, 0) is 20.7 Å². The quantitative estimate of drug-likeness (QED) is 0.837. The SMILES string of the molecule is CC1(C)OC2CNC(C(C)(Cc3ccc(-c4ccccc4)cc3)C(N)=O)C2O1. The van der Waals surface area contributed by atoms with Crippen LogP contribution in [0.1, 0.15) is 26.3 Å². The molecule has 2 aromatic rings. The molecule has 3 N–H and O–H groups in total. The van der Waals surface area contributed by atoms with Crippen LogP contribution in [0, 0.1) is 5.41 Å². The molecule has 0 saturated carbocycles. The second-order valence-corrected chi connectivity index (χ2v) is 8.55. The van der Waals surface area contributed by atoms with Crippen LogP contribution in [0.3, 0.4) is 0 Å². The third-order valence-corrected chi connectivity index (χ3v) is 5.97. The Labute approximate surface area is 166 Å². The van der Waals surface area contributed by atoms with Gasteiger partial charge in [-0.15, -0.1) is 0 Å². The van der Waals surface area contributed by atoms with Crippen molar-refractivity contribution in [1.29, 1.82) is 0 Å². The maximum Gasteiger partial charge on any atom is 0.225 e. The Kier molecular flexibility index (Phi) is 4.78. The zero-order chi connectivity index (χ0) is 19.9.